The van der Waals surface area contributed by atoms with Gasteiger partial charge in [0.15, 0.2) is 13.3 Å². The van der Waals surface area contributed by atoms with Crippen LogP contribution >= 0.6 is 0 Å². The molecule has 0 aromatic heterocycles. The summed E-state index contributed by atoms with van der Waals surface area (Å²) in [6.45, 7) is -10.4. The van der Waals surface area contributed by atoms with Crippen molar-refractivity contribution in [3.63, 3.8) is 0 Å². The van der Waals surface area contributed by atoms with E-state index in [9.17, 15) is 93.0 Å². The van der Waals surface area contributed by atoms with E-state index in [2.05, 4.69) is 40.2 Å². The van der Waals surface area contributed by atoms with Crippen LogP contribution in [0.5, 0.6) is 0 Å². The molecule has 20 nitrogen and oxygen atoms in total. The van der Waals surface area contributed by atoms with E-state index in [4.69, 9.17) is 55.9 Å². The molecule has 0 aliphatic heterocycles. The number of carboxylic acids is 1. The number of nitrogens with two attached hydrogens (primary N) is 1. The highest BCUT2D eigenvalue weighted by Crippen LogP contribution is 1.87. The highest BCUT2D eigenvalue weighted by Gasteiger charge is 2.18. The van der Waals surface area contributed by atoms with Crippen molar-refractivity contribution in [2.75, 3.05) is 101 Å². The van der Waals surface area contributed by atoms with E-state index in [1.54, 1.807) is 5.16 Å². The van der Waals surface area contributed by atoms with Gasteiger partial charge in [0.05, 0.1) is 6.54 Å². The van der Waals surface area contributed by atoms with Gasteiger partial charge in [-0.15, -0.1) is 4.39 Å². The molecule has 0 fully saturated rings. The van der Waals surface area contributed by atoms with Crippen LogP contribution in [0.1, 0.15) is 97.9 Å². The van der Waals surface area contributed by atoms with E-state index < -0.39 is 92.4 Å². The van der Waals surface area contributed by atoms with E-state index in [0.29, 0.717) is 26.0 Å². The number of hydrogen-bond donors (Lipinski definition) is 9. The third-order valence-electron chi connectivity index (χ3n) is 2.67. The van der Waals surface area contributed by atoms with Crippen LogP contribution in [-0.2, 0) is 39.3 Å². The fourth-order valence-electron chi connectivity index (χ4n) is 1.00. The summed E-state index contributed by atoms with van der Waals surface area (Å²) in [7, 11) is 0. The molecule has 0 aliphatic carbocycles. The molecule has 486 valence electrons. The molecule has 0 unspecified atom stereocenters. The van der Waals surface area contributed by atoms with Gasteiger partial charge < -0.3 is 52.0 Å². The smallest absolute Gasteiger partial charge is 0.492 e. The predicted molar refractivity (Wildman–Crippen MR) is 233 cm³/mol. The van der Waals surface area contributed by atoms with Crippen LogP contribution in [-0.4, -0.2) is 163 Å². The van der Waals surface area contributed by atoms with Crippen molar-refractivity contribution in [3.05, 3.63) is 0 Å². The third kappa shape index (κ3) is 743. The first-order valence-corrected chi connectivity index (χ1v) is 15.6. The molecule has 0 atom stereocenters. The molecule has 0 amide bonds. The number of unbranched alkanes of at least 4 members (excludes halogenated alkanes) is 3. The Morgan fingerprint density at radius 2 is 0.693 bits per heavy atom. The second-order valence-corrected chi connectivity index (χ2v) is 7.10. The van der Waals surface area contributed by atoms with Crippen LogP contribution in [0.25, 0.3) is 0 Å². The Morgan fingerprint density at radius 1 is 0.507 bits per heavy atom. The lowest BCUT2D eigenvalue weighted by Gasteiger charge is -1.93. The number of nitrogens with one attached hydrogen (secondary N) is 1. The second-order valence-electron chi connectivity index (χ2n) is 7.10. The number of carbonyl (C=O) groups excluding carboxylic acids is 1. The molecule has 41 heteroatoms. The highest BCUT2D eigenvalue weighted by molar-refractivity contribution is 5.70. The Morgan fingerprint density at radius 3 is 0.800 bits per heavy atom. The van der Waals surface area contributed by atoms with E-state index in [1.165, 1.54) is 0 Å². The molecule has 0 aromatic carbocycles. The molecule has 0 radical (unpaired) electrons. The van der Waals surface area contributed by atoms with E-state index in [0.717, 1.165) is 32.2 Å². The van der Waals surface area contributed by atoms with Crippen LogP contribution in [0.2, 0.25) is 0 Å². The summed E-state index contributed by atoms with van der Waals surface area (Å²) in [6.07, 6.45) is -3.03. The van der Waals surface area contributed by atoms with Crippen molar-refractivity contribution in [2.24, 2.45) is 5.73 Å². The molecular formula is C34H87F21N3O17+. The van der Waals surface area contributed by atoms with E-state index in [1.807, 2.05) is 0 Å². The molecule has 0 aliphatic rings. The second kappa shape index (κ2) is 209. The van der Waals surface area contributed by atoms with Crippen molar-refractivity contribution in [1.29, 1.82) is 0 Å². The summed E-state index contributed by atoms with van der Waals surface area (Å²) in [6, 6.07) is 0. The number of rotatable bonds is 19. The molecule has 0 rings (SSSR count). The number of carbonyl (C=O) groups is 3. The molecular weight excluding hydrogens is 1120 g/mol. The van der Waals surface area contributed by atoms with Crippen molar-refractivity contribution in [3.8, 4) is 0 Å². The van der Waals surface area contributed by atoms with Crippen LogP contribution in [0.4, 0.5) is 103 Å². The van der Waals surface area contributed by atoms with Crippen LogP contribution in [0, 0.1) is 0 Å². The van der Waals surface area contributed by atoms with Gasteiger partial charge in [0, 0.05) is 25.0 Å². The molecule has 0 aromatic rings. The molecule has 0 heterocycles. The SMILES string of the molecule is C.C.C.C.C.C.C.C.FCF.FCF.FCOF.FCOF.FCOF.FCOF.FCOF.FCOF.NCCCCO.O=C(O)CF.O=C(O)F.O=C([O-])F.OCCCCO[NH+]=C(O)C(F)F.[NH3+]CCCCO. The molecule has 75 heavy (non-hydrogen) atoms. The number of quaternary nitrogens is 1. The van der Waals surface area contributed by atoms with Gasteiger partial charge in [-0.25, -0.2) is 57.9 Å². The highest BCUT2D eigenvalue weighted by atomic mass is 19.3. The number of aliphatic hydroxyl groups is 4. The maximum absolute atomic E-state index is 11.5. The summed E-state index contributed by atoms with van der Waals surface area (Å²) in [5.41, 5.74) is 8.72. The zero-order valence-electron chi connectivity index (χ0n) is 34.3. The lowest BCUT2D eigenvalue weighted by molar-refractivity contribution is -0.759. The molecule has 0 spiro atoms. The lowest BCUT2D eigenvalue weighted by Crippen LogP contribution is -2.73. The largest absolute Gasteiger partial charge is 0.520 e. The quantitative estimate of drug-likeness (QED) is 0.0145. The van der Waals surface area contributed by atoms with Gasteiger partial charge >= 0.3 is 24.5 Å². The fourth-order valence-corrected chi connectivity index (χ4v) is 1.00. The predicted octanol–water partition coefficient (Wildman–Crippen LogP) is 9.43. The molecule has 0 saturated carbocycles. The monoisotopic (exact) mass is 1210 g/mol. The Hall–Kier alpha value is -4.23. The zero-order valence-corrected chi connectivity index (χ0v) is 34.3. The number of alkyl halides is 13. The summed E-state index contributed by atoms with van der Waals surface area (Å²) in [5.74, 6) is -2.61. The fraction of sp³-hybridized carbons (Fsp3) is 0.882. The third-order valence-corrected chi connectivity index (χ3v) is 2.67. The topological polar surface area (TPSA) is 328 Å². The maximum Gasteiger partial charge on any atom is 0.492 e. The first-order chi connectivity index (χ1) is 31.6. The average Bonchev–Trinajstić information content (AvgIpc) is 3.31. The molecule has 0 saturated heterocycles. The van der Waals surface area contributed by atoms with Crippen LogP contribution in [0.3, 0.4) is 0 Å². The zero-order chi connectivity index (χ0) is 56.4. The van der Waals surface area contributed by atoms with E-state index >= 15 is 0 Å². The van der Waals surface area contributed by atoms with Gasteiger partial charge in [-0.05, 0) is 72.2 Å². The van der Waals surface area contributed by atoms with Crippen LogP contribution < -0.4 is 21.7 Å². The number of carboxylic acid groups (broad SMARTS) is 3. The number of aliphatic carboxylic acids is 1. The first kappa shape index (κ1) is 145. The van der Waals surface area contributed by atoms with Gasteiger partial charge in [-0.1, -0.05) is 59.4 Å². The number of aliphatic hydroxyl groups excluding tert-OH is 4. The minimum atomic E-state index is -2.94. The normalized spacial score (nSPS) is 7.43. The Kier molecular flexibility index (Phi) is 403. The van der Waals surface area contributed by atoms with Gasteiger partial charge in [-0.3, -0.25) is 4.84 Å². The average molecular weight is 1210 g/mol. The Balaban J connectivity index is -0.0000000204. The first-order valence-electron chi connectivity index (χ1n) is 15.6. The van der Waals surface area contributed by atoms with Gasteiger partial charge in [0.1, 0.15) is 0 Å². The van der Waals surface area contributed by atoms with Gasteiger partial charge in [0.2, 0.25) is 61.2 Å². The summed E-state index contributed by atoms with van der Waals surface area (Å²) in [4.78, 5) is 44.2. The number of halogens is 21. The van der Waals surface area contributed by atoms with Gasteiger partial charge in [-0.2, -0.15) is 42.8 Å². The lowest BCUT2D eigenvalue weighted by atomic mass is 10.3. The van der Waals surface area contributed by atoms with Crippen molar-refractivity contribution >= 4 is 24.3 Å². The Bertz CT molecular complexity index is 692. The Labute approximate surface area is 424 Å². The maximum atomic E-state index is 11.5. The summed E-state index contributed by atoms with van der Waals surface area (Å²) < 4.78 is 212. The van der Waals surface area contributed by atoms with Crippen molar-refractivity contribution in [2.45, 2.75) is 104 Å². The van der Waals surface area contributed by atoms with Crippen LogP contribution in [0.15, 0.2) is 0 Å². The van der Waals surface area contributed by atoms with Crippen molar-refractivity contribution < 1.29 is 189 Å². The van der Waals surface area contributed by atoms with Crippen molar-refractivity contribution in [1.82, 2.24) is 0 Å². The van der Waals surface area contributed by atoms with Gasteiger partial charge in [0.25, 0.3) is 0 Å². The summed E-state index contributed by atoms with van der Waals surface area (Å²) >= 11 is 0. The van der Waals surface area contributed by atoms with E-state index in [-0.39, 0.29) is 79.2 Å². The molecule has 0 bridgehead atoms. The minimum absolute atomic E-state index is 0. The minimum Gasteiger partial charge on any atom is -0.520 e. The standard InChI is InChI=1S/C6H11F2NO3.2C4H11NO.C2H3FO2.6CH2F2O.2CH2F2.2CHFO2.8CH4/c7-5(8)6(11)9-12-4-2-1-3-10;2*5-3-1-2-4-6;3-1-2(4)5;6*2-1-4-3;2*2-1-3;2*2-1(3)4;;;;;;;;/h5,10H,1-4H2,(H,9,11);2*6H,1-5H2;1H2,(H,4,5);6*1H2;2*1H2;2*(H,3,4);8*1H4/p+1. The number of hydrogen-bond acceptors (Lipinski definition) is 15. The summed E-state index contributed by atoms with van der Waals surface area (Å²) in [5, 5.41) is 57.0. The molecule has 12 N–H and O–H groups in total.